The number of carbonyl (C=O) groups is 1. The first kappa shape index (κ1) is 10.1. The van der Waals surface area contributed by atoms with Crippen molar-refractivity contribution in [1.82, 2.24) is 15.5 Å². The summed E-state index contributed by atoms with van der Waals surface area (Å²) < 4.78 is 5.05. The fourth-order valence-corrected chi connectivity index (χ4v) is 1.67. The van der Waals surface area contributed by atoms with E-state index in [1.807, 2.05) is 0 Å². The Kier molecular flexibility index (Phi) is 2.96. The molecule has 0 aromatic carbocycles. The van der Waals surface area contributed by atoms with Crippen molar-refractivity contribution in [2.24, 2.45) is 5.92 Å². The van der Waals surface area contributed by atoms with E-state index < -0.39 is 0 Å². The topological polar surface area (TPSA) is 80.0 Å². The van der Waals surface area contributed by atoms with Gasteiger partial charge in [-0.15, -0.1) is 5.10 Å². The Morgan fingerprint density at radius 2 is 2.53 bits per heavy atom. The number of rotatable bonds is 3. The van der Waals surface area contributed by atoms with Gasteiger partial charge in [0.25, 0.3) is 0 Å². The van der Waals surface area contributed by atoms with Crippen LogP contribution in [0.15, 0.2) is 4.42 Å². The number of hydrogen-bond acceptors (Lipinski definition) is 5. The second kappa shape index (κ2) is 4.39. The molecule has 2 heterocycles. The van der Waals surface area contributed by atoms with Crippen LogP contribution in [-0.4, -0.2) is 29.2 Å². The van der Waals surface area contributed by atoms with Crippen molar-refractivity contribution < 1.29 is 9.21 Å². The van der Waals surface area contributed by atoms with Gasteiger partial charge in [0.05, 0.1) is 0 Å². The minimum absolute atomic E-state index is 0.0626. The van der Waals surface area contributed by atoms with Crippen LogP contribution in [0, 0.1) is 12.8 Å². The third-order valence-corrected chi connectivity index (χ3v) is 2.41. The largest absolute Gasteiger partial charge is 0.408 e. The summed E-state index contributed by atoms with van der Waals surface area (Å²) >= 11 is 0. The van der Waals surface area contributed by atoms with Crippen LogP contribution < -0.4 is 10.6 Å². The standard InChI is InChI=1S/C9H14N4O2/c1-6-12-13-9(15-6)11-8(14)4-7-2-3-10-5-7/h7,10H,2-5H2,1H3,(H,11,13,14). The molecule has 0 aliphatic carbocycles. The van der Waals surface area contributed by atoms with Gasteiger partial charge in [0.1, 0.15) is 0 Å². The monoisotopic (exact) mass is 210 g/mol. The number of aryl methyl sites for hydroxylation is 1. The average Bonchev–Trinajstić information content (AvgIpc) is 2.77. The Hall–Kier alpha value is -1.43. The van der Waals surface area contributed by atoms with Crippen molar-refractivity contribution in [1.29, 1.82) is 0 Å². The third-order valence-electron chi connectivity index (χ3n) is 2.41. The number of carbonyl (C=O) groups excluding carboxylic acids is 1. The highest BCUT2D eigenvalue weighted by molar-refractivity contribution is 5.88. The normalized spacial score (nSPS) is 20.5. The Labute approximate surface area is 87.4 Å². The molecule has 0 radical (unpaired) electrons. The van der Waals surface area contributed by atoms with E-state index in [2.05, 4.69) is 20.8 Å². The summed E-state index contributed by atoms with van der Waals surface area (Å²) in [6, 6.07) is 0.184. The van der Waals surface area contributed by atoms with Crippen LogP contribution in [0.2, 0.25) is 0 Å². The second-order valence-corrected chi connectivity index (χ2v) is 3.74. The van der Waals surface area contributed by atoms with Gasteiger partial charge in [-0.05, 0) is 25.4 Å². The first-order valence-electron chi connectivity index (χ1n) is 5.04. The van der Waals surface area contributed by atoms with Crippen LogP contribution in [0.25, 0.3) is 0 Å². The van der Waals surface area contributed by atoms with E-state index in [0.29, 0.717) is 18.2 Å². The predicted molar refractivity (Wildman–Crippen MR) is 53.3 cm³/mol. The lowest BCUT2D eigenvalue weighted by molar-refractivity contribution is -0.117. The predicted octanol–water partition coefficient (Wildman–Crippen LogP) is 0.316. The molecule has 0 spiro atoms. The van der Waals surface area contributed by atoms with Crippen LogP contribution in [0.5, 0.6) is 0 Å². The van der Waals surface area contributed by atoms with Crippen LogP contribution >= 0.6 is 0 Å². The smallest absolute Gasteiger partial charge is 0.322 e. The minimum Gasteiger partial charge on any atom is -0.408 e. The lowest BCUT2D eigenvalue weighted by atomic mass is 10.1. The molecule has 1 saturated heterocycles. The van der Waals surface area contributed by atoms with Crippen LogP contribution in [0.4, 0.5) is 6.01 Å². The van der Waals surface area contributed by atoms with E-state index in [1.54, 1.807) is 6.92 Å². The van der Waals surface area contributed by atoms with Gasteiger partial charge in [-0.2, -0.15) is 0 Å². The molecule has 2 rings (SSSR count). The molecule has 2 N–H and O–H groups in total. The SMILES string of the molecule is Cc1nnc(NC(=O)CC2CCNC2)o1. The summed E-state index contributed by atoms with van der Waals surface area (Å²) in [6.07, 6.45) is 1.56. The second-order valence-electron chi connectivity index (χ2n) is 3.74. The van der Waals surface area contributed by atoms with Crippen molar-refractivity contribution >= 4 is 11.9 Å². The Morgan fingerprint density at radius 3 is 3.13 bits per heavy atom. The molecular formula is C9H14N4O2. The molecule has 1 aromatic heterocycles. The van der Waals surface area contributed by atoms with Gasteiger partial charge in [-0.3, -0.25) is 10.1 Å². The number of nitrogens with one attached hydrogen (secondary N) is 2. The number of anilines is 1. The van der Waals surface area contributed by atoms with E-state index in [0.717, 1.165) is 19.5 Å². The molecule has 6 nitrogen and oxygen atoms in total. The van der Waals surface area contributed by atoms with Crippen LogP contribution in [0.1, 0.15) is 18.7 Å². The summed E-state index contributed by atoms with van der Waals surface area (Å²) in [4.78, 5) is 11.5. The number of aromatic nitrogens is 2. The van der Waals surface area contributed by atoms with Gasteiger partial charge in [-0.25, -0.2) is 0 Å². The van der Waals surface area contributed by atoms with E-state index in [4.69, 9.17) is 4.42 Å². The molecule has 6 heteroatoms. The zero-order chi connectivity index (χ0) is 10.7. The minimum atomic E-state index is -0.0626. The van der Waals surface area contributed by atoms with Gasteiger partial charge in [0.2, 0.25) is 11.8 Å². The number of hydrogen-bond donors (Lipinski definition) is 2. The zero-order valence-corrected chi connectivity index (χ0v) is 8.62. The van der Waals surface area contributed by atoms with Gasteiger partial charge in [-0.1, -0.05) is 5.10 Å². The van der Waals surface area contributed by atoms with Crippen molar-refractivity contribution in [3.05, 3.63) is 5.89 Å². The van der Waals surface area contributed by atoms with Crippen molar-refractivity contribution in [2.45, 2.75) is 19.8 Å². The molecule has 0 bridgehead atoms. The van der Waals surface area contributed by atoms with E-state index in [1.165, 1.54) is 0 Å². The van der Waals surface area contributed by atoms with Gasteiger partial charge in [0, 0.05) is 13.3 Å². The van der Waals surface area contributed by atoms with Crippen molar-refractivity contribution in [3.63, 3.8) is 0 Å². The molecule has 1 amide bonds. The number of amides is 1. The van der Waals surface area contributed by atoms with Gasteiger partial charge in [0.15, 0.2) is 0 Å². The lowest BCUT2D eigenvalue weighted by Crippen LogP contribution is -2.18. The third kappa shape index (κ3) is 2.76. The lowest BCUT2D eigenvalue weighted by Gasteiger charge is -2.05. The highest BCUT2D eigenvalue weighted by Gasteiger charge is 2.18. The maximum absolute atomic E-state index is 11.5. The zero-order valence-electron chi connectivity index (χ0n) is 8.62. The quantitative estimate of drug-likeness (QED) is 0.750. The number of nitrogens with zero attached hydrogens (tertiary/aromatic N) is 2. The maximum atomic E-state index is 11.5. The van der Waals surface area contributed by atoms with Gasteiger partial charge < -0.3 is 9.73 Å². The molecule has 1 fully saturated rings. The molecule has 1 unspecified atom stereocenters. The van der Waals surface area contributed by atoms with Gasteiger partial charge >= 0.3 is 6.01 Å². The highest BCUT2D eigenvalue weighted by Crippen LogP contribution is 2.13. The van der Waals surface area contributed by atoms with E-state index >= 15 is 0 Å². The molecule has 0 saturated carbocycles. The molecule has 1 aromatic rings. The molecule has 15 heavy (non-hydrogen) atoms. The summed E-state index contributed by atoms with van der Waals surface area (Å²) in [7, 11) is 0. The first-order valence-corrected chi connectivity index (χ1v) is 5.04. The maximum Gasteiger partial charge on any atom is 0.322 e. The Morgan fingerprint density at radius 1 is 1.67 bits per heavy atom. The van der Waals surface area contributed by atoms with Crippen LogP contribution in [-0.2, 0) is 4.79 Å². The average molecular weight is 210 g/mol. The van der Waals surface area contributed by atoms with E-state index in [-0.39, 0.29) is 11.9 Å². The Bertz CT molecular complexity index is 344. The summed E-state index contributed by atoms with van der Waals surface area (Å²) in [5.41, 5.74) is 0. The summed E-state index contributed by atoms with van der Waals surface area (Å²) in [6.45, 7) is 3.59. The molecule has 1 aliphatic rings. The summed E-state index contributed by atoms with van der Waals surface area (Å²) in [5, 5.41) is 13.1. The van der Waals surface area contributed by atoms with Crippen molar-refractivity contribution in [3.8, 4) is 0 Å². The Balaban J connectivity index is 1.81. The fraction of sp³-hybridized carbons (Fsp3) is 0.667. The van der Waals surface area contributed by atoms with Crippen molar-refractivity contribution in [2.75, 3.05) is 18.4 Å². The highest BCUT2D eigenvalue weighted by atomic mass is 16.4. The molecule has 1 aliphatic heterocycles. The fourth-order valence-electron chi connectivity index (χ4n) is 1.67. The molecular weight excluding hydrogens is 196 g/mol. The van der Waals surface area contributed by atoms with E-state index in [9.17, 15) is 4.79 Å². The summed E-state index contributed by atoms with van der Waals surface area (Å²) in [5.74, 6) is 0.814. The van der Waals surface area contributed by atoms with Crippen LogP contribution in [0.3, 0.4) is 0 Å². The first-order chi connectivity index (χ1) is 7.24. The molecule has 82 valence electrons. The molecule has 1 atom stereocenters.